The van der Waals surface area contributed by atoms with Crippen LogP contribution in [0.15, 0.2) is 24.3 Å². The number of carbonyl (C=O) groups excluding carboxylic acids is 1. The smallest absolute Gasteiger partial charge is 0.238 e. The van der Waals surface area contributed by atoms with E-state index in [2.05, 4.69) is 24.4 Å². The summed E-state index contributed by atoms with van der Waals surface area (Å²) in [4.78, 5) is 14.2. The number of methoxy groups -OCH3 is 1. The van der Waals surface area contributed by atoms with Crippen LogP contribution in [0.25, 0.3) is 0 Å². The minimum atomic E-state index is -3.45. The number of halogens is 1. The Kier molecular flexibility index (Phi) is 8.85. The van der Waals surface area contributed by atoms with Gasteiger partial charge >= 0.3 is 0 Å². The monoisotopic (exact) mass is 390 g/mol. The molecule has 1 fully saturated rings. The molecule has 1 saturated heterocycles. The topological polar surface area (TPSA) is 75.7 Å². The predicted molar refractivity (Wildman–Crippen MR) is 101 cm³/mol. The lowest BCUT2D eigenvalue weighted by atomic mass is 10.0. The molecule has 1 aliphatic heterocycles. The van der Waals surface area contributed by atoms with Crippen LogP contribution in [0, 0.1) is 0 Å². The number of nitrogens with one attached hydrogen (secondary N) is 1. The van der Waals surface area contributed by atoms with Crippen molar-refractivity contribution in [3.05, 3.63) is 35.4 Å². The second-order valence-corrected chi connectivity index (χ2v) is 8.17. The summed E-state index contributed by atoms with van der Waals surface area (Å²) >= 11 is 0. The molecular weight excluding hydrogens is 364 g/mol. The molecule has 142 valence electrons. The van der Waals surface area contributed by atoms with E-state index in [4.69, 9.17) is 4.74 Å². The molecule has 2 rings (SSSR count). The predicted octanol–water partition coefficient (Wildman–Crippen LogP) is 1.20. The number of sulfone groups is 1. The maximum Gasteiger partial charge on any atom is 0.238 e. The summed E-state index contributed by atoms with van der Waals surface area (Å²) in [5.74, 6) is -0.922. The summed E-state index contributed by atoms with van der Waals surface area (Å²) in [6.45, 7) is 4.03. The molecule has 1 aromatic rings. The first-order valence-electron chi connectivity index (χ1n) is 8.25. The lowest BCUT2D eigenvalue weighted by molar-refractivity contribution is -0.131. The normalized spacial score (nSPS) is 17.8. The minimum absolute atomic E-state index is 0. The van der Waals surface area contributed by atoms with Crippen molar-refractivity contribution in [3.63, 3.8) is 0 Å². The van der Waals surface area contributed by atoms with E-state index in [1.165, 1.54) is 12.7 Å². The lowest BCUT2D eigenvalue weighted by Crippen LogP contribution is -2.50. The van der Waals surface area contributed by atoms with E-state index in [0.717, 1.165) is 12.0 Å². The fourth-order valence-electron chi connectivity index (χ4n) is 2.83. The van der Waals surface area contributed by atoms with Gasteiger partial charge in [0.25, 0.3) is 0 Å². The van der Waals surface area contributed by atoms with Crippen LogP contribution in [0.2, 0.25) is 0 Å². The average molecular weight is 391 g/mol. The van der Waals surface area contributed by atoms with Crippen molar-refractivity contribution >= 4 is 28.2 Å². The molecule has 0 aromatic heterocycles. The highest BCUT2D eigenvalue weighted by molar-refractivity contribution is 7.92. The molecule has 0 radical (unpaired) electrons. The number of nitrogens with zero attached hydrogens (tertiary/aromatic N) is 1. The molecule has 0 aliphatic carbocycles. The zero-order valence-corrected chi connectivity index (χ0v) is 16.4. The number of rotatable bonds is 7. The molecule has 0 spiro atoms. The van der Waals surface area contributed by atoms with Crippen molar-refractivity contribution in [2.75, 3.05) is 44.9 Å². The summed E-state index contributed by atoms with van der Waals surface area (Å²) in [5.41, 5.74) is 2.27. The number of amides is 1. The fraction of sp³-hybridized carbons (Fsp3) is 0.588. The fourth-order valence-corrected chi connectivity index (χ4v) is 3.94. The van der Waals surface area contributed by atoms with Crippen LogP contribution in [0.4, 0.5) is 0 Å². The van der Waals surface area contributed by atoms with Gasteiger partial charge in [-0.3, -0.25) is 4.79 Å². The third kappa shape index (κ3) is 6.26. The average Bonchev–Trinajstić information content (AvgIpc) is 2.59. The molecule has 1 N–H and O–H groups in total. The molecule has 0 bridgehead atoms. The van der Waals surface area contributed by atoms with Gasteiger partial charge in [0.1, 0.15) is 5.75 Å². The highest BCUT2D eigenvalue weighted by Gasteiger charge is 2.30. The number of aryl methyl sites for hydroxylation is 1. The van der Waals surface area contributed by atoms with Crippen molar-refractivity contribution in [2.24, 2.45) is 0 Å². The SMILES string of the molecule is CCc1ccc(C2CNCCN2C(=O)CS(=O)(=O)CCOC)cc1.Cl. The maximum atomic E-state index is 12.6. The van der Waals surface area contributed by atoms with Gasteiger partial charge in [-0.05, 0) is 17.5 Å². The first-order chi connectivity index (χ1) is 11.5. The van der Waals surface area contributed by atoms with Gasteiger partial charge in [-0.1, -0.05) is 31.2 Å². The van der Waals surface area contributed by atoms with Crippen LogP contribution in [-0.4, -0.2) is 64.1 Å². The van der Waals surface area contributed by atoms with Crippen LogP contribution < -0.4 is 5.32 Å². The van der Waals surface area contributed by atoms with E-state index < -0.39 is 15.6 Å². The van der Waals surface area contributed by atoms with Gasteiger partial charge in [-0.2, -0.15) is 0 Å². The third-order valence-corrected chi connectivity index (χ3v) is 5.75. The number of piperazine rings is 1. The summed E-state index contributed by atoms with van der Waals surface area (Å²) < 4.78 is 28.9. The molecule has 1 unspecified atom stereocenters. The van der Waals surface area contributed by atoms with Crippen molar-refractivity contribution in [1.82, 2.24) is 10.2 Å². The molecule has 6 nitrogen and oxygen atoms in total. The molecule has 0 saturated carbocycles. The van der Waals surface area contributed by atoms with Crippen LogP contribution in [0.1, 0.15) is 24.1 Å². The zero-order chi connectivity index (χ0) is 17.6. The molecule has 1 atom stereocenters. The second kappa shape index (κ2) is 10.1. The largest absolute Gasteiger partial charge is 0.384 e. The van der Waals surface area contributed by atoms with Crippen LogP contribution in [0.3, 0.4) is 0 Å². The highest BCUT2D eigenvalue weighted by atomic mass is 35.5. The van der Waals surface area contributed by atoms with Crippen molar-refractivity contribution in [2.45, 2.75) is 19.4 Å². The van der Waals surface area contributed by atoms with Gasteiger partial charge in [0.2, 0.25) is 5.91 Å². The van der Waals surface area contributed by atoms with Gasteiger partial charge in [0.15, 0.2) is 9.84 Å². The van der Waals surface area contributed by atoms with E-state index in [0.29, 0.717) is 19.6 Å². The molecular formula is C17H27ClN2O4S. The Morgan fingerprint density at radius 2 is 2.00 bits per heavy atom. The van der Waals surface area contributed by atoms with Gasteiger partial charge in [-0.15, -0.1) is 12.4 Å². The Balaban J connectivity index is 0.00000312. The summed E-state index contributed by atoms with van der Waals surface area (Å²) in [6, 6.07) is 8.03. The van der Waals surface area contributed by atoms with E-state index in [1.807, 2.05) is 12.1 Å². The molecule has 8 heteroatoms. The van der Waals surface area contributed by atoms with Crippen LogP contribution in [-0.2, 0) is 25.8 Å². The first-order valence-corrected chi connectivity index (χ1v) is 10.1. The van der Waals surface area contributed by atoms with Crippen LogP contribution >= 0.6 is 12.4 Å². The molecule has 1 amide bonds. The van der Waals surface area contributed by atoms with Gasteiger partial charge in [0, 0.05) is 26.7 Å². The standard InChI is InChI=1S/C17H26N2O4S.ClH/c1-3-14-4-6-15(7-5-14)16-12-18-8-9-19(16)17(20)13-24(21,22)11-10-23-2;/h4-7,16,18H,3,8-13H2,1-2H3;1H. The van der Waals surface area contributed by atoms with E-state index >= 15 is 0 Å². The number of hydrogen-bond donors (Lipinski definition) is 1. The van der Waals surface area contributed by atoms with Crippen molar-refractivity contribution in [1.29, 1.82) is 0 Å². The minimum Gasteiger partial charge on any atom is -0.384 e. The Morgan fingerprint density at radius 3 is 2.60 bits per heavy atom. The number of carbonyl (C=O) groups is 1. The number of benzene rings is 1. The van der Waals surface area contributed by atoms with Crippen molar-refractivity contribution in [3.8, 4) is 0 Å². The molecule has 1 aromatic carbocycles. The summed E-state index contributed by atoms with van der Waals surface area (Å²) in [5, 5.41) is 3.28. The van der Waals surface area contributed by atoms with E-state index in [-0.39, 0.29) is 36.7 Å². The number of ether oxygens (including phenoxy) is 1. The Bertz CT molecular complexity index is 649. The third-order valence-electron chi connectivity index (χ3n) is 4.28. The highest BCUT2D eigenvalue weighted by Crippen LogP contribution is 2.23. The molecule has 1 aliphatic rings. The van der Waals surface area contributed by atoms with Gasteiger partial charge < -0.3 is 15.0 Å². The Morgan fingerprint density at radius 1 is 1.32 bits per heavy atom. The summed E-state index contributed by atoms with van der Waals surface area (Å²) in [7, 11) is -2.00. The lowest BCUT2D eigenvalue weighted by Gasteiger charge is -2.36. The second-order valence-electron chi connectivity index (χ2n) is 5.99. The van der Waals surface area contributed by atoms with Crippen LogP contribution in [0.5, 0.6) is 0 Å². The molecule has 1 heterocycles. The quantitative estimate of drug-likeness (QED) is 0.757. The van der Waals surface area contributed by atoms with Gasteiger partial charge in [0.05, 0.1) is 18.4 Å². The van der Waals surface area contributed by atoms with E-state index in [1.54, 1.807) is 4.90 Å². The maximum absolute atomic E-state index is 12.6. The van der Waals surface area contributed by atoms with E-state index in [9.17, 15) is 13.2 Å². The van der Waals surface area contributed by atoms with Gasteiger partial charge in [-0.25, -0.2) is 8.42 Å². The molecule has 25 heavy (non-hydrogen) atoms. The summed E-state index contributed by atoms with van der Waals surface area (Å²) in [6.07, 6.45) is 0.962. The number of hydrogen-bond acceptors (Lipinski definition) is 5. The zero-order valence-electron chi connectivity index (χ0n) is 14.7. The first kappa shape index (κ1) is 21.9. The van der Waals surface area contributed by atoms with Crippen molar-refractivity contribution < 1.29 is 17.9 Å². The Labute approximate surface area is 156 Å². The Hall–Kier alpha value is -1.15.